The second-order valence-electron chi connectivity index (χ2n) is 9.03. The first kappa shape index (κ1) is 25.7. The lowest BCUT2D eigenvalue weighted by molar-refractivity contribution is 0.0940. The molecule has 0 radical (unpaired) electrons. The summed E-state index contributed by atoms with van der Waals surface area (Å²) >= 11 is 6.25. The molecule has 0 bridgehead atoms. The topological polar surface area (TPSA) is 105 Å². The Morgan fingerprint density at radius 1 is 1.22 bits per heavy atom. The number of nitrogens with one attached hydrogen (secondary N) is 2. The zero-order chi connectivity index (χ0) is 25.9. The van der Waals surface area contributed by atoms with Crippen LogP contribution in [0.2, 0.25) is 5.02 Å². The average Bonchev–Trinajstić information content (AvgIpc) is 3.14. The van der Waals surface area contributed by atoms with Crippen LogP contribution in [-0.4, -0.2) is 38.6 Å². The molecule has 1 fully saturated rings. The van der Waals surface area contributed by atoms with Crippen molar-refractivity contribution in [2.75, 3.05) is 6.54 Å². The standard InChI is InChI=1S/C25H27ClF2N4O4/c1-15-21(23(33)29-11-10-25(31-24(34)35)8-3-2-4-9-25)32-13-16(26)12-20(22(32)30-15)36-14-17-18(27)6-5-7-19(17)28/h5-7,12-13,31H,2-4,8-11,14H2,1H3,(H,29,33)(H,34,35). The number of carboxylic acid groups (broad SMARTS) is 1. The van der Waals surface area contributed by atoms with Gasteiger partial charge in [-0.2, -0.15) is 0 Å². The molecular formula is C25H27ClF2N4O4. The third-order valence-electron chi connectivity index (χ3n) is 6.55. The second kappa shape index (κ2) is 10.7. The highest BCUT2D eigenvalue weighted by atomic mass is 35.5. The van der Waals surface area contributed by atoms with Gasteiger partial charge in [-0.25, -0.2) is 18.6 Å². The van der Waals surface area contributed by atoms with Crippen molar-refractivity contribution in [2.24, 2.45) is 0 Å². The van der Waals surface area contributed by atoms with Crippen LogP contribution in [0.5, 0.6) is 5.75 Å². The number of halogens is 3. The van der Waals surface area contributed by atoms with Gasteiger partial charge < -0.3 is 20.5 Å². The number of rotatable bonds is 8. The van der Waals surface area contributed by atoms with Crippen molar-refractivity contribution in [3.63, 3.8) is 0 Å². The summed E-state index contributed by atoms with van der Waals surface area (Å²) in [6.45, 7) is 1.54. The molecule has 3 N–H and O–H groups in total. The number of imidazole rings is 1. The van der Waals surface area contributed by atoms with Gasteiger partial charge in [0, 0.05) is 24.3 Å². The highest BCUT2D eigenvalue weighted by Gasteiger charge is 2.33. The van der Waals surface area contributed by atoms with Crippen molar-refractivity contribution < 1.29 is 28.2 Å². The van der Waals surface area contributed by atoms with E-state index in [1.165, 1.54) is 22.7 Å². The van der Waals surface area contributed by atoms with Gasteiger partial charge in [0.25, 0.3) is 5.91 Å². The Kier molecular flexibility index (Phi) is 7.63. The predicted octanol–water partition coefficient (Wildman–Crippen LogP) is 5.24. The molecule has 36 heavy (non-hydrogen) atoms. The smallest absolute Gasteiger partial charge is 0.405 e. The quantitative estimate of drug-likeness (QED) is 0.376. The van der Waals surface area contributed by atoms with Crippen molar-refractivity contribution in [1.82, 2.24) is 20.0 Å². The van der Waals surface area contributed by atoms with Crippen LogP contribution in [0.4, 0.5) is 13.6 Å². The van der Waals surface area contributed by atoms with Crippen LogP contribution in [0, 0.1) is 18.6 Å². The van der Waals surface area contributed by atoms with E-state index in [2.05, 4.69) is 15.6 Å². The minimum absolute atomic E-state index is 0.166. The summed E-state index contributed by atoms with van der Waals surface area (Å²) in [6.07, 6.45) is 5.27. The van der Waals surface area contributed by atoms with E-state index in [-0.39, 0.29) is 40.8 Å². The van der Waals surface area contributed by atoms with Gasteiger partial charge in [-0.1, -0.05) is 36.9 Å². The fourth-order valence-corrected chi connectivity index (χ4v) is 4.98. The lowest BCUT2D eigenvalue weighted by atomic mass is 9.79. The number of nitrogens with zero attached hydrogens (tertiary/aromatic N) is 2. The molecule has 0 saturated heterocycles. The predicted molar refractivity (Wildman–Crippen MR) is 130 cm³/mol. The van der Waals surface area contributed by atoms with E-state index in [0.29, 0.717) is 12.1 Å². The number of benzene rings is 1. The number of carbonyl (C=O) groups excluding carboxylic acids is 1. The molecule has 1 aromatic carbocycles. The maximum atomic E-state index is 14.0. The van der Waals surface area contributed by atoms with Crippen LogP contribution >= 0.6 is 11.6 Å². The molecule has 1 saturated carbocycles. The first-order valence-electron chi connectivity index (χ1n) is 11.7. The summed E-state index contributed by atoms with van der Waals surface area (Å²) < 4.78 is 35.2. The number of hydrogen-bond donors (Lipinski definition) is 3. The highest BCUT2D eigenvalue weighted by Crippen LogP contribution is 2.31. The Bertz CT molecular complexity index is 1270. The molecule has 8 nitrogen and oxygen atoms in total. The van der Waals surface area contributed by atoms with Crippen molar-refractivity contribution in [3.05, 3.63) is 64.1 Å². The summed E-state index contributed by atoms with van der Waals surface area (Å²) in [7, 11) is 0. The SMILES string of the molecule is Cc1nc2c(OCc3c(F)cccc3F)cc(Cl)cn2c1C(=O)NCCC1(NC(=O)O)CCCCC1. The second-order valence-corrected chi connectivity index (χ2v) is 9.46. The number of fused-ring (bicyclic) bond motifs is 1. The van der Waals surface area contributed by atoms with Crippen LogP contribution in [0.3, 0.4) is 0 Å². The minimum Gasteiger partial charge on any atom is -0.485 e. The zero-order valence-electron chi connectivity index (χ0n) is 19.7. The van der Waals surface area contributed by atoms with Crippen molar-refractivity contribution in [2.45, 2.75) is 57.6 Å². The number of aryl methyl sites for hydroxylation is 1. The van der Waals surface area contributed by atoms with E-state index in [1.54, 1.807) is 6.92 Å². The molecule has 2 amide bonds. The molecule has 1 aliphatic carbocycles. The third kappa shape index (κ3) is 5.53. The lowest BCUT2D eigenvalue weighted by Gasteiger charge is -2.37. The van der Waals surface area contributed by atoms with Gasteiger partial charge >= 0.3 is 6.09 Å². The van der Waals surface area contributed by atoms with Crippen molar-refractivity contribution in [3.8, 4) is 5.75 Å². The molecule has 0 spiro atoms. The molecule has 2 aromatic heterocycles. The molecule has 1 aliphatic rings. The van der Waals surface area contributed by atoms with Crippen LogP contribution in [0.15, 0.2) is 30.5 Å². The molecule has 192 valence electrons. The Hall–Kier alpha value is -3.40. The summed E-state index contributed by atoms with van der Waals surface area (Å²) in [5.41, 5.74) is 0.127. The third-order valence-corrected chi connectivity index (χ3v) is 6.75. The van der Waals surface area contributed by atoms with Gasteiger partial charge in [-0.3, -0.25) is 9.20 Å². The number of aromatic nitrogens is 2. The van der Waals surface area contributed by atoms with Crippen LogP contribution in [0.1, 0.15) is 60.3 Å². The molecule has 2 heterocycles. The van der Waals surface area contributed by atoms with Crippen LogP contribution < -0.4 is 15.4 Å². The number of ether oxygens (including phenoxy) is 1. The average molecular weight is 521 g/mol. The summed E-state index contributed by atoms with van der Waals surface area (Å²) in [5, 5.41) is 15.0. The van der Waals surface area contributed by atoms with Crippen LogP contribution in [0.25, 0.3) is 5.65 Å². The molecule has 3 aromatic rings. The van der Waals surface area contributed by atoms with E-state index < -0.39 is 29.2 Å². The number of carbonyl (C=O) groups is 2. The number of pyridine rings is 1. The van der Waals surface area contributed by atoms with E-state index in [0.717, 1.165) is 44.2 Å². The minimum atomic E-state index is -1.07. The molecule has 0 unspecified atom stereocenters. The Morgan fingerprint density at radius 3 is 2.58 bits per heavy atom. The highest BCUT2D eigenvalue weighted by molar-refractivity contribution is 6.30. The Labute approximate surface area is 211 Å². The lowest BCUT2D eigenvalue weighted by Crippen LogP contribution is -2.51. The van der Waals surface area contributed by atoms with E-state index in [1.807, 2.05) is 0 Å². The molecular weight excluding hydrogens is 494 g/mol. The summed E-state index contributed by atoms with van der Waals surface area (Å²) in [5.74, 6) is -1.71. The fourth-order valence-electron chi connectivity index (χ4n) is 4.79. The van der Waals surface area contributed by atoms with Gasteiger partial charge in [0.05, 0.1) is 16.3 Å². The molecule has 11 heteroatoms. The van der Waals surface area contributed by atoms with E-state index in [9.17, 15) is 23.5 Å². The molecule has 0 atom stereocenters. The molecule has 4 rings (SSSR count). The first-order valence-corrected chi connectivity index (χ1v) is 12.1. The number of hydrogen-bond acceptors (Lipinski definition) is 4. The fraction of sp³-hybridized carbons (Fsp3) is 0.400. The van der Waals surface area contributed by atoms with Crippen molar-refractivity contribution in [1.29, 1.82) is 0 Å². The maximum Gasteiger partial charge on any atom is 0.405 e. The summed E-state index contributed by atoms with van der Waals surface area (Å²) in [4.78, 5) is 28.8. The Morgan fingerprint density at radius 2 is 1.92 bits per heavy atom. The summed E-state index contributed by atoms with van der Waals surface area (Å²) in [6, 6.07) is 5.01. The van der Waals surface area contributed by atoms with Gasteiger partial charge in [-0.05, 0) is 38.3 Å². The van der Waals surface area contributed by atoms with Gasteiger partial charge in [0.1, 0.15) is 23.9 Å². The number of amides is 2. The largest absolute Gasteiger partial charge is 0.485 e. The van der Waals surface area contributed by atoms with Gasteiger partial charge in [-0.15, -0.1) is 0 Å². The van der Waals surface area contributed by atoms with E-state index >= 15 is 0 Å². The van der Waals surface area contributed by atoms with Crippen LogP contribution in [-0.2, 0) is 6.61 Å². The maximum absolute atomic E-state index is 14.0. The monoisotopic (exact) mass is 520 g/mol. The zero-order valence-corrected chi connectivity index (χ0v) is 20.5. The normalized spacial score (nSPS) is 15.0. The van der Waals surface area contributed by atoms with E-state index in [4.69, 9.17) is 16.3 Å². The first-order chi connectivity index (χ1) is 17.2. The Balaban J connectivity index is 1.52. The van der Waals surface area contributed by atoms with Crippen molar-refractivity contribution >= 4 is 29.2 Å². The van der Waals surface area contributed by atoms with Gasteiger partial charge in [0.15, 0.2) is 11.4 Å². The van der Waals surface area contributed by atoms with Gasteiger partial charge in [0.2, 0.25) is 0 Å². The molecule has 0 aliphatic heterocycles.